The second kappa shape index (κ2) is 4.77. The van der Waals surface area contributed by atoms with E-state index in [1.165, 1.54) is 24.0 Å². The lowest BCUT2D eigenvalue weighted by atomic mass is 9.58. The quantitative estimate of drug-likeness (QED) is 0.763. The lowest BCUT2D eigenvalue weighted by Gasteiger charge is -2.46. The SMILES string of the molecule is CC(C)C1(C(C)C)CCCc2c(Cl)cc(N)cc21. The molecule has 0 atom stereocenters. The first-order chi connectivity index (χ1) is 8.39. The van der Waals surface area contributed by atoms with Crippen LogP contribution in [0.15, 0.2) is 12.1 Å². The second-order valence-electron chi connectivity index (χ2n) is 6.23. The van der Waals surface area contributed by atoms with Gasteiger partial charge in [0.1, 0.15) is 0 Å². The van der Waals surface area contributed by atoms with Crippen LogP contribution in [0.1, 0.15) is 51.7 Å². The van der Waals surface area contributed by atoms with E-state index in [0.29, 0.717) is 11.8 Å². The van der Waals surface area contributed by atoms with E-state index in [4.69, 9.17) is 17.3 Å². The average molecular weight is 266 g/mol. The Balaban J connectivity index is 2.69. The Morgan fingerprint density at radius 2 is 1.78 bits per heavy atom. The highest BCUT2D eigenvalue weighted by molar-refractivity contribution is 6.31. The summed E-state index contributed by atoms with van der Waals surface area (Å²) >= 11 is 6.40. The zero-order chi connectivity index (χ0) is 13.5. The number of nitrogens with two attached hydrogens (primary N) is 1. The molecule has 0 radical (unpaired) electrons. The molecule has 18 heavy (non-hydrogen) atoms. The maximum Gasteiger partial charge on any atom is 0.0461 e. The molecule has 0 amide bonds. The Labute approximate surface area is 116 Å². The number of rotatable bonds is 2. The van der Waals surface area contributed by atoms with Gasteiger partial charge in [-0.3, -0.25) is 0 Å². The van der Waals surface area contributed by atoms with E-state index in [-0.39, 0.29) is 5.41 Å². The Morgan fingerprint density at radius 3 is 2.33 bits per heavy atom. The van der Waals surface area contributed by atoms with Gasteiger partial charge in [0.2, 0.25) is 0 Å². The van der Waals surface area contributed by atoms with E-state index < -0.39 is 0 Å². The van der Waals surface area contributed by atoms with Crippen molar-refractivity contribution in [2.75, 3.05) is 5.73 Å². The third-order valence-electron chi connectivity index (χ3n) is 4.80. The molecule has 1 aliphatic rings. The Morgan fingerprint density at radius 1 is 1.17 bits per heavy atom. The molecule has 0 saturated heterocycles. The maximum atomic E-state index is 6.40. The molecule has 0 spiro atoms. The minimum absolute atomic E-state index is 0.229. The summed E-state index contributed by atoms with van der Waals surface area (Å²) in [7, 11) is 0. The molecule has 0 saturated carbocycles. The van der Waals surface area contributed by atoms with Crippen molar-refractivity contribution in [3.8, 4) is 0 Å². The summed E-state index contributed by atoms with van der Waals surface area (Å²) in [5.74, 6) is 1.21. The van der Waals surface area contributed by atoms with Crippen LogP contribution in [0.3, 0.4) is 0 Å². The molecule has 2 rings (SSSR count). The van der Waals surface area contributed by atoms with Crippen molar-refractivity contribution in [1.82, 2.24) is 0 Å². The minimum Gasteiger partial charge on any atom is -0.399 e. The average Bonchev–Trinajstić information content (AvgIpc) is 2.27. The molecule has 1 aromatic rings. The zero-order valence-electron chi connectivity index (χ0n) is 11.9. The number of nitrogen functional groups attached to an aromatic ring is 1. The highest BCUT2D eigenvalue weighted by Gasteiger charge is 2.42. The molecule has 1 aromatic carbocycles. The molecule has 100 valence electrons. The van der Waals surface area contributed by atoms with Gasteiger partial charge in [-0.25, -0.2) is 0 Å². The normalized spacial score (nSPS) is 18.2. The van der Waals surface area contributed by atoms with Crippen molar-refractivity contribution in [1.29, 1.82) is 0 Å². The van der Waals surface area contributed by atoms with Crippen molar-refractivity contribution >= 4 is 17.3 Å². The van der Waals surface area contributed by atoms with Crippen LogP contribution < -0.4 is 5.73 Å². The molecule has 0 fully saturated rings. The summed E-state index contributed by atoms with van der Waals surface area (Å²) in [6, 6.07) is 4.07. The van der Waals surface area contributed by atoms with Gasteiger partial charge < -0.3 is 5.73 Å². The summed E-state index contributed by atoms with van der Waals surface area (Å²) < 4.78 is 0. The van der Waals surface area contributed by atoms with Crippen LogP contribution in [0.2, 0.25) is 5.02 Å². The second-order valence-corrected chi connectivity index (χ2v) is 6.64. The molecule has 0 heterocycles. The van der Waals surface area contributed by atoms with Crippen molar-refractivity contribution in [3.63, 3.8) is 0 Å². The number of hydrogen-bond acceptors (Lipinski definition) is 1. The smallest absolute Gasteiger partial charge is 0.0461 e. The first-order valence-electron chi connectivity index (χ1n) is 6.98. The van der Waals surface area contributed by atoms with Gasteiger partial charge >= 0.3 is 0 Å². The van der Waals surface area contributed by atoms with Gasteiger partial charge in [0, 0.05) is 16.1 Å². The van der Waals surface area contributed by atoms with Gasteiger partial charge in [0.25, 0.3) is 0 Å². The monoisotopic (exact) mass is 265 g/mol. The van der Waals surface area contributed by atoms with Gasteiger partial charge in [-0.05, 0) is 54.4 Å². The summed E-state index contributed by atoms with van der Waals surface area (Å²) in [4.78, 5) is 0. The van der Waals surface area contributed by atoms with E-state index in [9.17, 15) is 0 Å². The summed E-state index contributed by atoms with van der Waals surface area (Å²) in [6.45, 7) is 9.30. The molecule has 2 heteroatoms. The molecule has 1 aliphatic carbocycles. The molecule has 0 aliphatic heterocycles. The zero-order valence-corrected chi connectivity index (χ0v) is 12.6. The molecular formula is C16H24ClN. The number of fused-ring (bicyclic) bond motifs is 1. The maximum absolute atomic E-state index is 6.40. The topological polar surface area (TPSA) is 26.0 Å². The van der Waals surface area contributed by atoms with Crippen LogP contribution >= 0.6 is 11.6 Å². The van der Waals surface area contributed by atoms with Gasteiger partial charge in [-0.2, -0.15) is 0 Å². The summed E-state index contributed by atoms with van der Waals surface area (Å²) in [5.41, 5.74) is 9.79. The first-order valence-corrected chi connectivity index (χ1v) is 7.35. The molecule has 0 aromatic heterocycles. The van der Waals surface area contributed by atoms with Crippen LogP contribution in [-0.2, 0) is 11.8 Å². The van der Waals surface area contributed by atoms with E-state index in [0.717, 1.165) is 17.1 Å². The van der Waals surface area contributed by atoms with Crippen LogP contribution in [0.4, 0.5) is 5.69 Å². The number of anilines is 1. The third-order valence-corrected chi connectivity index (χ3v) is 5.13. The fraction of sp³-hybridized carbons (Fsp3) is 0.625. The van der Waals surface area contributed by atoms with Gasteiger partial charge in [-0.15, -0.1) is 0 Å². The molecule has 1 nitrogen and oxygen atoms in total. The first kappa shape index (κ1) is 13.7. The van der Waals surface area contributed by atoms with Crippen LogP contribution in [0, 0.1) is 11.8 Å². The van der Waals surface area contributed by atoms with Crippen LogP contribution in [-0.4, -0.2) is 0 Å². The van der Waals surface area contributed by atoms with E-state index in [1.54, 1.807) is 0 Å². The minimum atomic E-state index is 0.229. The third kappa shape index (κ3) is 1.93. The van der Waals surface area contributed by atoms with Crippen molar-refractivity contribution in [3.05, 3.63) is 28.3 Å². The summed E-state index contributed by atoms with van der Waals surface area (Å²) in [5, 5.41) is 0.857. The number of halogens is 1. The number of benzene rings is 1. The van der Waals surface area contributed by atoms with Crippen LogP contribution in [0.5, 0.6) is 0 Å². The van der Waals surface area contributed by atoms with Crippen molar-refractivity contribution in [2.24, 2.45) is 11.8 Å². The molecule has 2 N–H and O–H groups in total. The Hall–Kier alpha value is -0.690. The highest BCUT2D eigenvalue weighted by atomic mass is 35.5. The van der Waals surface area contributed by atoms with E-state index >= 15 is 0 Å². The lowest BCUT2D eigenvalue weighted by Crippen LogP contribution is -2.41. The number of hydrogen-bond donors (Lipinski definition) is 1. The fourth-order valence-electron chi connectivity index (χ4n) is 3.89. The van der Waals surface area contributed by atoms with E-state index in [2.05, 4.69) is 33.8 Å². The predicted octanol–water partition coefficient (Wildman–Crippen LogP) is 4.81. The fourth-order valence-corrected chi connectivity index (χ4v) is 4.21. The van der Waals surface area contributed by atoms with E-state index in [1.807, 2.05) is 6.07 Å². The van der Waals surface area contributed by atoms with Gasteiger partial charge in [-0.1, -0.05) is 39.3 Å². The molecule has 0 bridgehead atoms. The highest BCUT2D eigenvalue weighted by Crippen LogP contribution is 2.49. The van der Waals surface area contributed by atoms with Crippen molar-refractivity contribution in [2.45, 2.75) is 52.4 Å². The standard InChI is InChI=1S/C16H24ClN/c1-10(2)16(11(3)4)7-5-6-13-14(16)8-12(18)9-15(13)17/h8-11H,5-7,18H2,1-4H3. The van der Waals surface area contributed by atoms with Gasteiger partial charge in [0.15, 0.2) is 0 Å². The van der Waals surface area contributed by atoms with Crippen molar-refractivity contribution < 1.29 is 0 Å². The predicted molar refractivity (Wildman–Crippen MR) is 80.2 cm³/mol. The molecular weight excluding hydrogens is 242 g/mol. The Kier molecular flexibility index (Phi) is 3.64. The molecule has 0 unspecified atom stereocenters. The largest absolute Gasteiger partial charge is 0.399 e. The lowest BCUT2D eigenvalue weighted by molar-refractivity contribution is 0.186. The van der Waals surface area contributed by atoms with Crippen LogP contribution in [0.25, 0.3) is 0 Å². The Bertz CT molecular complexity index is 441. The van der Waals surface area contributed by atoms with Gasteiger partial charge in [0.05, 0.1) is 0 Å². The summed E-state index contributed by atoms with van der Waals surface area (Å²) in [6.07, 6.45) is 3.57.